The Morgan fingerprint density at radius 1 is 1.44 bits per heavy atom. The molecule has 1 aromatic carbocycles. The summed E-state index contributed by atoms with van der Waals surface area (Å²) < 4.78 is 19.5. The first-order valence-corrected chi connectivity index (χ1v) is 6.64. The van der Waals surface area contributed by atoms with E-state index in [2.05, 4.69) is 0 Å². The lowest BCUT2D eigenvalue weighted by molar-refractivity contribution is -0.0462. The number of halogens is 2. The summed E-state index contributed by atoms with van der Waals surface area (Å²) >= 11 is 5.76. The molecule has 4 heteroatoms. The monoisotopic (exact) mass is 273 g/mol. The second-order valence-corrected chi connectivity index (χ2v) is 5.03. The highest BCUT2D eigenvalue weighted by atomic mass is 35.5. The maximum absolute atomic E-state index is 13.8. The summed E-state index contributed by atoms with van der Waals surface area (Å²) in [6.45, 7) is 6.50. The average Bonchev–Trinajstić information content (AvgIpc) is 2.35. The molecule has 0 amide bonds. The van der Waals surface area contributed by atoms with Crippen LogP contribution in [0.2, 0.25) is 5.02 Å². The van der Waals surface area contributed by atoms with Gasteiger partial charge in [-0.2, -0.15) is 0 Å². The third kappa shape index (κ3) is 3.44. The van der Waals surface area contributed by atoms with Crippen LogP contribution in [0.25, 0.3) is 0 Å². The minimum atomic E-state index is -0.441. The Bertz CT molecular complexity index is 399. The van der Waals surface area contributed by atoms with Crippen LogP contribution in [0.15, 0.2) is 18.2 Å². The number of hydrogen-bond donors (Lipinski definition) is 1. The molecule has 0 fully saturated rings. The van der Waals surface area contributed by atoms with Gasteiger partial charge in [0.15, 0.2) is 0 Å². The third-order valence-electron chi connectivity index (χ3n) is 3.43. The molecule has 0 heterocycles. The predicted octanol–water partition coefficient (Wildman–Crippen LogP) is 3.55. The number of hydrogen-bond acceptors (Lipinski definition) is 2. The van der Waals surface area contributed by atoms with E-state index in [1.54, 1.807) is 12.1 Å². The molecule has 18 heavy (non-hydrogen) atoms. The van der Waals surface area contributed by atoms with E-state index in [1.807, 2.05) is 20.8 Å². The lowest BCUT2D eigenvalue weighted by atomic mass is 9.89. The maximum atomic E-state index is 13.8. The summed E-state index contributed by atoms with van der Waals surface area (Å²) in [7, 11) is 0. The zero-order valence-corrected chi connectivity index (χ0v) is 11.9. The third-order valence-corrected chi connectivity index (χ3v) is 3.72. The SMILES string of the molecule is CCOC(C)(CC)C(N)Cc1cccc(Cl)c1F. The highest BCUT2D eigenvalue weighted by Crippen LogP contribution is 2.24. The molecule has 0 aliphatic rings. The molecule has 0 saturated heterocycles. The second kappa shape index (κ2) is 6.50. The van der Waals surface area contributed by atoms with Crippen molar-refractivity contribution in [3.05, 3.63) is 34.6 Å². The lowest BCUT2D eigenvalue weighted by Crippen LogP contribution is -2.48. The Hall–Kier alpha value is -0.640. The Morgan fingerprint density at radius 3 is 2.67 bits per heavy atom. The molecule has 0 radical (unpaired) electrons. The maximum Gasteiger partial charge on any atom is 0.145 e. The van der Waals surface area contributed by atoms with Gasteiger partial charge in [-0.1, -0.05) is 30.7 Å². The highest BCUT2D eigenvalue weighted by molar-refractivity contribution is 6.30. The molecule has 2 unspecified atom stereocenters. The van der Waals surface area contributed by atoms with Crippen molar-refractivity contribution in [1.82, 2.24) is 0 Å². The number of benzene rings is 1. The smallest absolute Gasteiger partial charge is 0.145 e. The van der Waals surface area contributed by atoms with Gasteiger partial charge in [0.05, 0.1) is 10.6 Å². The van der Waals surface area contributed by atoms with E-state index >= 15 is 0 Å². The van der Waals surface area contributed by atoms with Gasteiger partial charge in [0.25, 0.3) is 0 Å². The summed E-state index contributed by atoms with van der Waals surface area (Å²) in [5, 5.41) is 0.134. The Kier molecular flexibility index (Phi) is 5.57. The molecule has 2 nitrogen and oxygen atoms in total. The zero-order valence-electron chi connectivity index (χ0n) is 11.2. The van der Waals surface area contributed by atoms with Crippen LogP contribution in [0.4, 0.5) is 4.39 Å². The number of rotatable bonds is 6. The largest absolute Gasteiger partial charge is 0.374 e. The van der Waals surface area contributed by atoms with Crippen molar-refractivity contribution in [2.45, 2.75) is 45.3 Å². The fourth-order valence-corrected chi connectivity index (χ4v) is 2.15. The fourth-order valence-electron chi connectivity index (χ4n) is 1.96. The van der Waals surface area contributed by atoms with Crippen molar-refractivity contribution in [3.8, 4) is 0 Å². The van der Waals surface area contributed by atoms with E-state index < -0.39 is 5.60 Å². The van der Waals surface area contributed by atoms with Crippen LogP contribution in [0.3, 0.4) is 0 Å². The van der Waals surface area contributed by atoms with Gasteiger partial charge in [-0.15, -0.1) is 0 Å². The van der Waals surface area contributed by atoms with Crippen LogP contribution in [0, 0.1) is 5.82 Å². The average molecular weight is 274 g/mol. The normalized spacial score (nSPS) is 16.3. The van der Waals surface area contributed by atoms with Gasteiger partial charge in [0, 0.05) is 12.6 Å². The van der Waals surface area contributed by atoms with Crippen molar-refractivity contribution >= 4 is 11.6 Å². The summed E-state index contributed by atoms with van der Waals surface area (Å²) in [6.07, 6.45) is 1.20. The van der Waals surface area contributed by atoms with E-state index in [9.17, 15) is 4.39 Å². The molecular formula is C14H21ClFNO. The van der Waals surface area contributed by atoms with Crippen LogP contribution >= 0.6 is 11.6 Å². The molecule has 0 spiro atoms. The van der Waals surface area contributed by atoms with Crippen LogP contribution < -0.4 is 5.73 Å². The minimum Gasteiger partial charge on any atom is -0.374 e. The lowest BCUT2D eigenvalue weighted by Gasteiger charge is -2.34. The van der Waals surface area contributed by atoms with Gasteiger partial charge in [-0.05, 0) is 38.3 Å². The van der Waals surface area contributed by atoms with E-state index in [4.69, 9.17) is 22.1 Å². The van der Waals surface area contributed by atoms with E-state index in [-0.39, 0.29) is 16.9 Å². The molecule has 0 saturated carbocycles. The Morgan fingerprint density at radius 2 is 2.11 bits per heavy atom. The summed E-state index contributed by atoms with van der Waals surface area (Å²) in [5.74, 6) is -0.385. The molecule has 102 valence electrons. The predicted molar refractivity (Wildman–Crippen MR) is 73.4 cm³/mol. The molecule has 0 aliphatic carbocycles. The van der Waals surface area contributed by atoms with E-state index in [0.29, 0.717) is 18.6 Å². The molecule has 0 aliphatic heterocycles. The number of nitrogens with two attached hydrogens (primary N) is 1. The Balaban J connectivity index is 2.86. The molecule has 0 aromatic heterocycles. The molecule has 1 aromatic rings. The van der Waals surface area contributed by atoms with Crippen molar-refractivity contribution in [2.24, 2.45) is 5.73 Å². The van der Waals surface area contributed by atoms with Crippen LogP contribution in [0.5, 0.6) is 0 Å². The minimum absolute atomic E-state index is 0.134. The topological polar surface area (TPSA) is 35.2 Å². The molecular weight excluding hydrogens is 253 g/mol. The van der Waals surface area contributed by atoms with Crippen molar-refractivity contribution in [1.29, 1.82) is 0 Å². The number of ether oxygens (including phenoxy) is 1. The standard InChI is InChI=1S/C14H21ClFNO/c1-4-14(3,18-5-2)12(17)9-10-7-6-8-11(15)13(10)16/h6-8,12H,4-5,9,17H2,1-3H3. The van der Waals surface area contributed by atoms with Gasteiger partial charge in [0.2, 0.25) is 0 Å². The molecule has 2 N–H and O–H groups in total. The van der Waals surface area contributed by atoms with Crippen molar-refractivity contribution < 1.29 is 9.13 Å². The van der Waals surface area contributed by atoms with Gasteiger partial charge in [-0.25, -0.2) is 4.39 Å². The van der Waals surface area contributed by atoms with E-state index in [0.717, 1.165) is 6.42 Å². The second-order valence-electron chi connectivity index (χ2n) is 4.62. The van der Waals surface area contributed by atoms with Crippen molar-refractivity contribution in [2.75, 3.05) is 6.61 Å². The first-order valence-electron chi connectivity index (χ1n) is 6.27. The van der Waals surface area contributed by atoms with Gasteiger partial charge < -0.3 is 10.5 Å². The first kappa shape index (κ1) is 15.4. The first-order chi connectivity index (χ1) is 8.44. The van der Waals surface area contributed by atoms with Crippen molar-refractivity contribution in [3.63, 3.8) is 0 Å². The van der Waals surface area contributed by atoms with Gasteiger partial charge in [0.1, 0.15) is 5.82 Å². The molecule has 0 bridgehead atoms. The highest BCUT2D eigenvalue weighted by Gasteiger charge is 2.31. The quantitative estimate of drug-likeness (QED) is 0.860. The Labute approximate surface area is 113 Å². The van der Waals surface area contributed by atoms with Gasteiger partial charge >= 0.3 is 0 Å². The summed E-state index contributed by atoms with van der Waals surface area (Å²) in [6, 6.07) is 4.71. The fraction of sp³-hybridized carbons (Fsp3) is 0.571. The zero-order chi connectivity index (χ0) is 13.8. The summed E-state index contributed by atoms with van der Waals surface area (Å²) in [4.78, 5) is 0. The van der Waals surface area contributed by atoms with E-state index in [1.165, 1.54) is 6.07 Å². The molecule has 2 atom stereocenters. The van der Waals surface area contributed by atoms with Crippen LogP contribution in [0.1, 0.15) is 32.8 Å². The van der Waals surface area contributed by atoms with Crippen LogP contribution in [-0.4, -0.2) is 18.2 Å². The van der Waals surface area contributed by atoms with Gasteiger partial charge in [-0.3, -0.25) is 0 Å². The molecule has 1 rings (SSSR count). The summed E-state index contributed by atoms with van der Waals surface area (Å²) in [5.41, 5.74) is 6.26. The van der Waals surface area contributed by atoms with Crippen LogP contribution in [-0.2, 0) is 11.2 Å².